The summed E-state index contributed by atoms with van der Waals surface area (Å²) in [5.74, 6) is 1.53. The highest BCUT2D eigenvalue weighted by Crippen LogP contribution is 2.31. The molecule has 1 aliphatic carbocycles. The highest BCUT2D eigenvalue weighted by atomic mass is 35.5. The highest BCUT2D eigenvalue weighted by Gasteiger charge is 2.24. The molecule has 3 heteroatoms. The molecule has 0 amide bonds. The van der Waals surface area contributed by atoms with E-state index in [1.807, 2.05) is 12.1 Å². The smallest absolute Gasteiger partial charge is 0.0740 e. The minimum Gasteiger partial charge on any atom is -0.398 e. The average Bonchev–Trinajstić information content (AvgIpc) is 2.26. The van der Waals surface area contributed by atoms with Crippen LogP contribution in [0.1, 0.15) is 38.7 Å². The zero-order chi connectivity index (χ0) is 13.1. The first kappa shape index (κ1) is 13.7. The van der Waals surface area contributed by atoms with Gasteiger partial charge in [-0.25, -0.2) is 0 Å². The molecule has 2 N–H and O–H groups in total. The molecule has 2 rings (SSSR count). The van der Waals surface area contributed by atoms with Gasteiger partial charge in [0.05, 0.1) is 12.7 Å². The summed E-state index contributed by atoms with van der Waals surface area (Å²) in [6, 6.07) is 5.60. The number of nitrogen functional groups attached to an aromatic ring is 1. The van der Waals surface area contributed by atoms with E-state index in [1.54, 1.807) is 6.07 Å². The summed E-state index contributed by atoms with van der Waals surface area (Å²) in [7, 11) is 0. The van der Waals surface area contributed by atoms with Crippen LogP contribution in [0.15, 0.2) is 18.2 Å². The molecule has 0 bridgehead atoms. The third-order valence-electron chi connectivity index (χ3n) is 3.72. The van der Waals surface area contributed by atoms with Crippen LogP contribution in [0.3, 0.4) is 0 Å². The first-order valence-electron chi connectivity index (χ1n) is 6.70. The molecule has 0 aromatic heterocycles. The van der Waals surface area contributed by atoms with E-state index in [0.717, 1.165) is 35.9 Å². The van der Waals surface area contributed by atoms with E-state index in [2.05, 4.69) is 13.8 Å². The van der Waals surface area contributed by atoms with Crippen molar-refractivity contribution in [2.45, 2.75) is 45.8 Å². The van der Waals surface area contributed by atoms with Gasteiger partial charge in [-0.1, -0.05) is 31.5 Å². The number of anilines is 1. The maximum atomic E-state index is 6.01. The van der Waals surface area contributed by atoms with Crippen molar-refractivity contribution < 1.29 is 4.74 Å². The van der Waals surface area contributed by atoms with Crippen LogP contribution in [0.5, 0.6) is 0 Å². The van der Waals surface area contributed by atoms with Crippen LogP contribution in [0.4, 0.5) is 5.69 Å². The van der Waals surface area contributed by atoms with Crippen LogP contribution in [0.25, 0.3) is 0 Å². The lowest BCUT2D eigenvalue weighted by Crippen LogP contribution is -2.26. The second kappa shape index (κ2) is 5.94. The van der Waals surface area contributed by atoms with E-state index in [1.165, 1.54) is 6.42 Å². The number of rotatable bonds is 3. The number of benzene rings is 1. The lowest BCUT2D eigenvalue weighted by atomic mass is 9.82. The molecule has 1 aliphatic rings. The molecule has 1 saturated carbocycles. The van der Waals surface area contributed by atoms with Gasteiger partial charge in [0, 0.05) is 16.3 Å². The van der Waals surface area contributed by atoms with Gasteiger partial charge in [0.15, 0.2) is 0 Å². The van der Waals surface area contributed by atoms with E-state index < -0.39 is 0 Å². The van der Waals surface area contributed by atoms with Crippen LogP contribution in [-0.4, -0.2) is 6.10 Å². The van der Waals surface area contributed by atoms with Gasteiger partial charge in [0.1, 0.15) is 0 Å². The topological polar surface area (TPSA) is 35.2 Å². The lowest BCUT2D eigenvalue weighted by molar-refractivity contribution is -0.00892. The zero-order valence-corrected chi connectivity index (χ0v) is 11.9. The third-order valence-corrected chi connectivity index (χ3v) is 3.95. The SMILES string of the molecule is CC1CC(C)CC(OCc2ccc(Cl)cc2N)C1. The van der Waals surface area contributed by atoms with Crippen molar-refractivity contribution in [3.05, 3.63) is 28.8 Å². The molecule has 2 atom stereocenters. The van der Waals surface area contributed by atoms with E-state index in [-0.39, 0.29) is 0 Å². The second-order valence-electron chi connectivity index (χ2n) is 5.69. The molecule has 2 unspecified atom stereocenters. The molecule has 1 aromatic carbocycles. The van der Waals surface area contributed by atoms with E-state index in [9.17, 15) is 0 Å². The molecule has 0 spiro atoms. The van der Waals surface area contributed by atoms with Crippen LogP contribution < -0.4 is 5.73 Å². The molecular weight excluding hydrogens is 246 g/mol. The van der Waals surface area contributed by atoms with Crippen LogP contribution in [0.2, 0.25) is 5.02 Å². The number of ether oxygens (including phenoxy) is 1. The molecule has 0 saturated heterocycles. The van der Waals surface area contributed by atoms with E-state index in [4.69, 9.17) is 22.1 Å². The fourth-order valence-corrected chi connectivity index (χ4v) is 3.09. The largest absolute Gasteiger partial charge is 0.398 e. The molecule has 0 radical (unpaired) electrons. The van der Waals surface area contributed by atoms with Gasteiger partial charge >= 0.3 is 0 Å². The predicted octanol–water partition coefficient (Wildman–Crippen LogP) is 4.26. The monoisotopic (exact) mass is 267 g/mol. The fourth-order valence-electron chi connectivity index (χ4n) is 2.91. The Bertz CT molecular complexity index is 397. The Labute approximate surface area is 114 Å². The van der Waals surface area contributed by atoms with Crippen molar-refractivity contribution >= 4 is 17.3 Å². The van der Waals surface area contributed by atoms with Gasteiger partial charge in [-0.05, 0) is 43.2 Å². The van der Waals surface area contributed by atoms with E-state index >= 15 is 0 Å². The summed E-state index contributed by atoms with van der Waals surface area (Å²) in [6.07, 6.45) is 4.03. The lowest BCUT2D eigenvalue weighted by Gasteiger charge is -2.31. The van der Waals surface area contributed by atoms with Crippen molar-refractivity contribution in [3.63, 3.8) is 0 Å². The summed E-state index contributed by atoms with van der Waals surface area (Å²) < 4.78 is 6.01. The Balaban J connectivity index is 1.91. The first-order chi connectivity index (χ1) is 8.54. The minimum atomic E-state index is 0.374. The Kier molecular flexibility index (Phi) is 4.52. The molecule has 0 aliphatic heterocycles. The number of hydrogen-bond acceptors (Lipinski definition) is 2. The number of halogens is 1. The summed E-state index contributed by atoms with van der Waals surface area (Å²) in [6.45, 7) is 5.21. The van der Waals surface area contributed by atoms with Gasteiger partial charge in [-0.15, -0.1) is 0 Å². The minimum absolute atomic E-state index is 0.374. The highest BCUT2D eigenvalue weighted by molar-refractivity contribution is 6.30. The summed E-state index contributed by atoms with van der Waals surface area (Å²) >= 11 is 5.88. The van der Waals surface area contributed by atoms with Crippen molar-refractivity contribution in [2.75, 3.05) is 5.73 Å². The Morgan fingerprint density at radius 1 is 1.22 bits per heavy atom. The van der Waals surface area contributed by atoms with Crippen LogP contribution in [-0.2, 0) is 11.3 Å². The number of hydrogen-bond donors (Lipinski definition) is 1. The summed E-state index contributed by atoms with van der Waals surface area (Å²) in [5.41, 5.74) is 7.68. The van der Waals surface area contributed by atoms with Gasteiger partial charge < -0.3 is 10.5 Å². The third kappa shape index (κ3) is 3.63. The number of nitrogens with two attached hydrogens (primary N) is 1. The standard InChI is InChI=1S/C15H22ClNO/c1-10-5-11(2)7-14(6-10)18-9-12-3-4-13(16)8-15(12)17/h3-4,8,10-11,14H,5-7,9,17H2,1-2H3. The first-order valence-corrected chi connectivity index (χ1v) is 7.08. The normalized spacial score (nSPS) is 28.3. The quantitative estimate of drug-likeness (QED) is 0.831. The molecule has 1 aromatic rings. The van der Waals surface area contributed by atoms with Crippen molar-refractivity contribution in [2.24, 2.45) is 11.8 Å². The Morgan fingerprint density at radius 2 is 1.89 bits per heavy atom. The second-order valence-corrected chi connectivity index (χ2v) is 6.13. The zero-order valence-electron chi connectivity index (χ0n) is 11.2. The van der Waals surface area contributed by atoms with Gasteiger partial charge in [-0.2, -0.15) is 0 Å². The average molecular weight is 268 g/mol. The van der Waals surface area contributed by atoms with Crippen molar-refractivity contribution in [1.82, 2.24) is 0 Å². The molecule has 0 heterocycles. The maximum absolute atomic E-state index is 6.01. The van der Waals surface area contributed by atoms with Crippen molar-refractivity contribution in [3.8, 4) is 0 Å². The summed E-state index contributed by atoms with van der Waals surface area (Å²) in [5, 5.41) is 0.677. The van der Waals surface area contributed by atoms with Crippen LogP contribution in [0, 0.1) is 11.8 Å². The maximum Gasteiger partial charge on any atom is 0.0740 e. The van der Waals surface area contributed by atoms with Crippen molar-refractivity contribution in [1.29, 1.82) is 0 Å². The van der Waals surface area contributed by atoms with Gasteiger partial charge in [-0.3, -0.25) is 0 Å². The molecule has 1 fully saturated rings. The van der Waals surface area contributed by atoms with Gasteiger partial charge in [0.2, 0.25) is 0 Å². The van der Waals surface area contributed by atoms with E-state index in [0.29, 0.717) is 17.7 Å². The molecular formula is C15H22ClNO. The molecule has 100 valence electrons. The summed E-state index contributed by atoms with van der Waals surface area (Å²) in [4.78, 5) is 0. The predicted molar refractivity (Wildman–Crippen MR) is 76.6 cm³/mol. The van der Waals surface area contributed by atoms with Gasteiger partial charge in [0.25, 0.3) is 0 Å². The molecule has 18 heavy (non-hydrogen) atoms. The fraction of sp³-hybridized carbons (Fsp3) is 0.600. The Hall–Kier alpha value is -0.730. The van der Waals surface area contributed by atoms with Crippen LogP contribution >= 0.6 is 11.6 Å². The Morgan fingerprint density at radius 3 is 2.50 bits per heavy atom. The molecule has 2 nitrogen and oxygen atoms in total.